The highest BCUT2D eigenvalue weighted by molar-refractivity contribution is 7.99. The Bertz CT molecular complexity index is 404. The van der Waals surface area contributed by atoms with Crippen LogP contribution in [0.3, 0.4) is 0 Å². The van der Waals surface area contributed by atoms with Crippen molar-refractivity contribution in [3.63, 3.8) is 0 Å². The molecule has 4 heteroatoms. The zero-order valence-corrected chi connectivity index (χ0v) is 11.9. The molecule has 0 aliphatic carbocycles. The van der Waals surface area contributed by atoms with Crippen molar-refractivity contribution in [3.05, 3.63) is 29.3 Å². The molecule has 1 N–H and O–H groups in total. The molecule has 0 saturated carbocycles. The Hall–Kier alpha value is -1.16. The topological polar surface area (TPSA) is 46.5 Å². The van der Waals surface area contributed by atoms with Crippen LogP contribution >= 0.6 is 11.8 Å². The predicted molar refractivity (Wildman–Crippen MR) is 75.6 cm³/mol. The second-order valence-electron chi connectivity index (χ2n) is 4.40. The molecule has 0 aromatic heterocycles. The maximum atomic E-state index is 10.5. The van der Waals surface area contributed by atoms with Crippen LogP contribution in [-0.2, 0) is 4.79 Å². The lowest BCUT2D eigenvalue weighted by molar-refractivity contribution is -0.136. The van der Waals surface area contributed by atoms with Gasteiger partial charge in [-0.15, -0.1) is 0 Å². The Kier molecular flexibility index (Phi) is 6.05. The van der Waals surface area contributed by atoms with E-state index in [0.29, 0.717) is 6.61 Å². The number of hydrogen-bond donors (Lipinski definition) is 1. The number of hydrogen-bond acceptors (Lipinski definition) is 3. The summed E-state index contributed by atoms with van der Waals surface area (Å²) in [6.45, 7) is 6.60. The summed E-state index contributed by atoms with van der Waals surface area (Å²) in [7, 11) is 0. The number of ether oxygens (including phenoxy) is 1. The van der Waals surface area contributed by atoms with E-state index >= 15 is 0 Å². The largest absolute Gasteiger partial charge is 0.492 e. The van der Waals surface area contributed by atoms with Gasteiger partial charge in [0.1, 0.15) is 5.75 Å². The summed E-state index contributed by atoms with van der Waals surface area (Å²) in [6, 6.07) is 6.14. The zero-order valence-electron chi connectivity index (χ0n) is 11.1. The Morgan fingerprint density at radius 2 is 2.17 bits per heavy atom. The smallest absolute Gasteiger partial charge is 0.304 e. The van der Waals surface area contributed by atoms with Gasteiger partial charge in [0.05, 0.1) is 13.0 Å². The average molecular weight is 268 g/mol. The lowest BCUT2D eigenvalue weighted by atomic mass is 10.1. The van der Waals surface area contributed by atoms with E-state index in [1.165, 1.54) is 5.56 Å². The van der Waals surface area contributed by atoms with Gasteiger partial charge in [-0.05, 0) is 31.0 Å². The van der Waals surface area contributed by atoms with E-state index in [1.807, 2.05) is 32.9 Å². The second-order valence-corrected chi connectivity index (χ2v) is 5.94. The molecule has 0 amide bonds. The van der Waals surface area contributed by atoms with Crippen molar-refractivity contribution in [1.29, 1.82) is 0 Å². The first-order chi connectivity index (χ1) is 8.49. The van der Waals surface area contributed by atoms with E-state index in [9.17, 15) is 4.79 Å². The SMILES string of the molecule is Cc1ccc(C)c(OCCSC(C)CC(=O)O)c1. The van der Waals surface area contributed by atoms with Gasteiger partial charge in [0, 0.05) is 11.0 Å². The number of benzene rings is 1. The second kappa shape index (κ2) is 7.31. The Morgan fingerprint density at radius 1 is 1.44 bits per heavy atom. The third-order valence-corrected chi connectivity index (χ3v) is 3.69. The molecule has 1 aromatic rings. The summed E-state index contributed by atoms with van der Waals surface area (Å²) in [5, 5.41) is 8.77. The molecular formula is C14H20O3S. The Morgan fingerprint density at radius 3 is 2.83 bits per heavy atom. The summed E-state index contributed by atoms with van der Waals surface area (Å²) in [4.78, 5) is 10.5. The molecule has 1 atom stereocenters. The van der Waals surface area contributed by atoms with Gasteiger partial charge in [-0.1, -0.05) is 19.1 Å². The van der Waals surface area contributed by atoms with Crippen molar-refractivity contribution in [2.24, 2.45) is 0 Å². The zero-order chi connectivity index (χ0) is 13.5. The molecule has 0 spiro atoms. The third-order valence-electron chi connectivity index (χ3n) is 2.55. The molecule has 18 heavy (non-hydrogen) atoms. The fourth-order valence-corrected chi connectivity index (χ4v) is 2.41. The van der Waals surface area contributed by atoms with E-state index in [2.05, 4.69) is 6.07 Å². The summed E-state index contributed by atoms with van der Waals surface area (Å²) in [5.41, 5.74) is 2.31. The van der Waals surface area contributed by atoms with Gasteiger partial charge in [0.25, 0.3) is 0 Å². The molecule has 0 aliphatic rings. The third kappa shape index (κ3) is 5.45. The van der Waals surface area contributed by atoms with E-state index in [1.54, 1.807) is 11.8 Å². The van der Waals surface area contributed by atoms with Crippen molar-refractivity contribution in [3.8, 4) is 5.75 Å². The molecule has 1 unspecified atom stereocenters. The van der Waals surface area contributed by atoms with Crippen LogP contribution in [0.2, 0.25) is 0 Å². The molecule has 0 bridgehead atoms. The highest BCUT2D eigenvalue weighted by Crippen LogP contribution is 2.20. The minimum atomic E-state index is -0.745. The van der Waals surface area contributed by atoms with Crippen LogP contribution in [0.25, 0.3) is 0 Å². The maximum Gasteiger partial charge on any atom is 0.304 e. The van der Waals surface area contributed by atoms with Crippen LogP contribution in [-0.4, -0.2) is 28.7 Å². The van der Waals surface area contributed by atoms with Crippen molar-refractivity contribution in [2.75, 3.05) is 12.4 Å². The minimum absolute atomic E-state index is 0.129. The molecule has 0 aliphatic heterocycles. The number of carboxylic acids is 1. The van der Waals surface area contributed by atoms with Gasteiger partial charge in [-0.25, -0.2) is 0 Å². The fourth-order valence-electron chi connectivity index (χ4n) is 1.57. The number of rotatable bonds is 7. The van der Waals surface area contributed by atoms with Gasteiger partial charge >= 0.3 is 5.97 Å². The Balaban J connectivity index is 2.29. The van der Waals surface area contributed by atoms with Gasteiger partial charge in [-0.3, -0.25) is 4.79 Å². The van der Waals surface area contributed by atoms with Crippen molar-refractivity contribution in [2.45, 2.75) is 32.4 Å². The highest BCUT2D eigenvalue weighted by atomic mass is 32.2. The predicted octanol–water partition coefficient (Wildman–Crippen LogP) is 3.28. The number of aryl methyl sites for hydroxylation is 2. The van der Waals surface area contributed by atoms with Crippen LogP contribution < -0.4 is 4.74 Å². The Labute approximate surface area is 113 Å². The van der Waals surface area contributed by atoms with Gasteiger partial charge in [-0.2, -0.15) is 11.8 Å². The maximum absolute atomic E-state index is 10.5. The molecule has 3 nitrogen and oxygen atoms in total. The van der Waals surface area contributed by atoms with Gasteiger partial charge in [0.2, 0.25) is 0 Å². The van der Waals surface area contributed by atoms with Crippen molar-refractivity contribution in [1.82, 2.24) is 0 Å². The fraction of sp³-hybridized carbons (Fsp3) is 0.500. The molecule has 0 saturated heterocycles. The first-order valence-electron chi connectivity index (χ1n) is 6.02. The summed E-state index contributed by atoms with van der Waals surface area (Å²) in [6.07, 6.45) is 0.203. The molecule has 1 aromatic carbocycles. The van der Waals surface area contributed by atoms with Crippen LogP contribution in [0.1, 0.15) is 24.5 Å². The van der Waals surface area contributed by atoms with Crippen molar-refractivity contribution >= 4 is 17.7 Å². The number of carboxylic acid groups (broad SMARTS) is 1. The van der Waals surface area contributed by atoms with Crippen molar-refractivity contribution < 1.29 is 14.6 Å². The first-order valence-corrected chi connectivity index (χ1v) is 7.07. The molecule has 100 valence electrons. The van der Waals surface area contributed by atoms with E-state index < -0.39 is 5.97 Å². The standard InChI is InChI=1S/C14H20O3S/c1-10-4-5-11(2)13(8-10)17-6-7-18-12(3)9-14(15)16/h4-5,8,12H,6-7,9H2,1-3H3,(H,15,16). The quantitative estimate of drug-likeness (QED) is 0.771. The summed E-state index contributed by atoms with van der Waals surface area (Å²) >= 11 is 1.63. The lowest BCUT2D eigenvalue weighted by Crippen LogP contribution is -2.09. The monoisotopic (exact) mass is 268 g/mol. The van der Waals surface area contributed by atoms with Crippen LogP contribution in [0, 0.1) is 13.8 Å². The van der Waals surface area contributed by atoms with Crippen LogP contribution in [0.15, 0.2) is 18.2 Å². The number of carbonyl (C=O) groups is 1. The lowest BCUT2D eigenvalue weighted by Gasteiger charge is -2.11. The summed E-state index contributed by atoms with van der Waals surface area (Å²) < 4.78 is 5.70. The van der Waals surface area contributed by atoms with Gasteiger partial charge in [0.15, 0.2) is 0 Å². The molecule has 0 heterocycles. The normalized spacial score (nSPS) is 12.2. The number of aliphatic carboxylic acids is 1. The minimum Gasteiger partial charge on any atom is -0.492 e. The molecule has 0 radical (unpaired) electrons. The van der Waals surface area contributed by atoms with Crippen LogP contribution in [0.4, 0.5) is 0 Å². The number of thioether (sulfide) groups is 1. The highest BCUT2D eigenvalue weighted by Gasteiger charge is 2.07. The van der Waals surface area contributed by atoms with Gasteiger partial charge < -0.3 is 9.84 Å². The van der Waals surface area contributed by atoms with E-state index in [-0.39, 0.29) is 11.7 Å². The van der Waals surface area contributed by atoms with Crippen LogP contribution in [0.5, 0.6) is 5.75 Å². The molecule has 1 rings (SSSR count). The van der Waals surface area contributed by atoms with E-state index in [4.69, 9.17) is 9.84 Å². The molecule has 0 fully saturated rings. The summed E-state index contributed by atoms with van der Waals surface area (Å²) in [5.74, 6) is 0.980. The first kappa shape index (κ1) is 14.9. The van der Waals surface area contributed by atoms with E-state index in [0.717, 1.165) is 17.1 Å². The molecular weight excluding hydrogens is 248 g/mol. The average Bonchev–Trinajstić information content (AvgIpc) is 2.28.